The molecule has 0 spiro atoms. The largest absolute Gasteiger partial charge is 0.421 e. The highest BCUT2D eigenvalue weighted by molar-refractivity contribution is 9.10. The molecule has 3 rings (SSSR count). The molecule has 1 heterocycles. The van der Waals surface area contributed by atoms with Gasteiger partial charge in [0.2, 0.25) is 11.8 Å². The summed E-state index contributed by atoms with van der Waals surface area (Å²) in [6.45, 7) is 4.38. The molecule has 1 aromatic heterocycles. The first-order valence-electron chi connectivity index (χ1n) is 7.95. The third kappa shape index (κ3) is 4.20. The van der Waals surface area contributed by atoms with Gasteiger partial charge in [-0.1, -0.05) is 66.2 Å². The van der Waals surface area contributed by atoms with Crippen LogP contribution in [-0.4, -0.2) is 10.2 Å². The predicted octanol–water partition coefficient (Wildman–Crippen LogP) is 5.72. The first-order valence-corrected chi connectivity index (χ1v) is 8.75. The third-order valence-electron chi connectivity index (χ3n) is 3.77. The van der Waals surface area contributed by atoms with Crippen molar-refractivity contribution in [3.05, 3.63) is 81.5 Å². The first-order chi connectivity index (χ1) is 11.6. The van der Waals surface area contributed by atoms with Crippen LogP contribution in [0.25, 0.3) is 12.2 Å². The molecule has 0 amide bonds. The summed E-state index contributed by atoms with van der Waals surface area (Å²) in [4.78, 5) is 0. The van der Waals surface area contributed by atoms with E-state index >= 15 is 0 Å². The monoisotopic (exact) mass is 382 g/mol. The zero-order chi connectivity index (χ0) is 16.9. The van der Waals surface area contributed by atoms with E-state index in [4.69, 9.17) is 4.42 Å². The molecule has 0 fully saturated rings. The van der Waals surface area contributed by atoms with Crippen LogP contribution < -0.4 is 0 Å². The Bertz CT molecular complexity index is 835. The summed E-state index contributed by atoms with van der Waals surface area (Å²) in [7, 11) is 0. The number of hydrogen-bond donors (Lipinski definition) is 0. The van der Waals surface area contributed by atoms with Gasteiger partial charge >= 0.3 is 0 Å². The van der Waals surface area contributed by atoms with Crippen molar-refractivity contribution < 1.29 is 4.42 Å². The quantitative estimate of drug-likeness (QED) is 0.566. The maximum Gasteiger partial charge on any atom is 0.240 e. The maximum atomic E-state index is 5.72. The standard InChI is InChI=1S/C20H19BrN2O/c1-14(2)18-6-4-3-5-16(18)9-12-19-22-23-20(24-19)13-15-7-10-17(21)11-8-15/h3-12,14H,13H2,1-2H3/b12-9+. The van der Waals surface area contributed by atoms with Crippen LogP contribution in [0.4, 0.5) is 0 Å². The van der Waals surface area contributed by atoms with E-state index in [1.165, 1.54) is 11.1 Å². The molecule has 122 valence electrons. The second kappa shape index (κ2) is 7.58. The van der Waals surface area contributed by atoms with Crippen molar-refractivity contribution in [3.63, 3.8) is 0 Å². The van der Waals surface area contributed by atoms with E-state index in [-0.39, 0.29) is 0 Å². The molecule has 0 unspecified atom stereocenters. The van der Waals surface area contributed by atoms with Crippen LogP contribution in [-0.2, 0) is 6.42 Å². The lowest BCUT2D eigenvalue weighted by atomic mass is 9.97. The molecule has 2 aromatic carbocycles. The molecular weight excluding hydrogens is 364 g/mol. The normalized spacial score (nSPS) is 11.5. The number of hydrogen-bond acceptors (Lipinski definition) is 3. The van der Waals surface area contributed by atoms with Gasteiger partial charge in [-0.2, -0.15) is 0 Å². The molecule has 0 saturated heterocycles. The minimum Gasteiger partial charge on any atom is -0.421 e. The Kier molecular flexibility index (Phi) is 5.26. The minimum atomic E-state index is 0.474. The van der Waals surface area contributed by atoms with E-state index in [9.17, 15) is 0 Å². The Hall–Kier alpha value is -2.20. The molecule has 24 heavy (non-hydrogen) atoms. The second-order valence-corrected chi connectivity index (χ2v) is 6.87. The highest BCUT2D eigenvalue weighted by Crippen LogP contribution is 2.21. The Morgan fingerprint density at radius 1 is 1.00 bits per heavy atom. The van der Waals surface area contributed by atoms with Gasteiger partial charge in [-0.25, -0.2) is 0 Å². The van der Waals surface area contributed by atoms with Gasteiger partial charge in [0.05, 0.1) is 6.42 Å². The molecule has 3 aromatic rings. The third-order valence-corrected chi connectivity index (χ3v) is 4.30. The Balaban J connectivity index is 1.73. The van der Waals surface area contributed by atoms with Gasteiger partial charge < -0.3 is 4.42 Å². The van der Waals surface area contributed by atoms with Gasteiger partial charge in [0, 0.05) is 10.5 Å². The highest BCUT2D eigenvalue weighted by atomic mass is 79.9. The Morgan fingerprint density at radius 2 is 1.75 bits per heavy atom. The van der Waals surface area contributed by atoms with Gasteiger partial charge in [0.25, 0.3) is 0 Å². The van der Waals surface area contributed by atoms with E-state index in [1.54, 1.807) is 0 Å². The van der Waals surface area contributed by atoms with Gasteiger partial charge in [0.1, 0.15) is 0 Å². The topological polar surface area (TPSA) is 38.9 Å². The fourth-order valence-corrected chi connectivity index (χ4v) is 2.80. The lowest BCUT2D eigenvalue weighted by Gasteiger charge is -2.08. The predicted molar refractivity (Wildman–Crippen MR) is 101 cm³/mol. The minimum absolute atomic E-state index is 0.474. The molecule has 4 heteroatoms. The molecule has 0 bridgehead atoms. The molecule has 0 aliphatic rings. The average Bonchev–Trinajstić information content (AvgIpc) is 3.03. The van der Waals surface area contributed by atoms with E-state index < -0.39 is 0 Å². The van der Waals surface area contributed by atoms with Gasteiger partial charge in [-0.3, -0.25) is 0 Å². The van der Waals surface area contributed by atoms with Crippen molar-refractivity contribution in [2.24, 2.45) is 0 Å². The average molecular weight is 383 g/mol. The summed E-state index contributed by atoms with van der Waals surface area (Å²) in [5.41, 5.74) is 3.63. The van der Waals surface area contributed by atoms with Crippen molar-refractivity contribution in [2.75, 3.05) is 0 Å². The highest BCUT2D eigenvalue weighted by Gasteiger charge is 2.06. The van der Waals surface area contributed by atoms with E-state index in [1.807, 2.05) is 42.5 Å². The van der Waals surface area contributed by atoms with Crippen LogP contribution in [0.5, 0.6) is 0 Å². The zero-order valence-corrected chi connectivity index (χ0v) is 15.3. The molecule has 0 atom stereocenters. The number of rotatable bonds is 5. The van der Waals surface area contributed by atoms with Crippen LogP contribution in [0.1, 0.15) is 48.2 Å². The molecule has 0 N–H and O–H groups in total. The lowest BCUT2D eigenvalue weighted by Crippen LogP contribution is -1.90. The van der Waals surface area contributed by atoms with Gasteiger partial charge in [-0.15, -0.1) is 10.2 Å². The van der Waals surface area contributed by atoms with Crippen molar-refractivity contribution in [1.29, 1.82) is 0 Å². The van der Waals surface area contributed by atoms with Crippen molar-refractivity contribution in [3.8, 4) is 0 Å². The summed E-state index contributed by atoms with van der Waals surface area (Å²) in [6, 6.07) is 16.5. The van der Waals surface area contributed by atoms with Crippen LogP contribution in [0.15, 0.2) is 57.4 Å². The summed E-state index contributed by atoms with van der Waals surface area (Å²) >= 11 is 3.43. The van der Waals surface area contributed by atoms with E-state index in [2.05, 4.69) is 58.2 Å². The molecule has 3 nitrogen and oxygen atoms in total. The SMILES string of the molecule is CC(C)c1ccccc1/C=C/c1nnc(Cc2ccc(Br)cc2)o1. The molecular formula is C20H19BrN2O. The summed E-state index contributed by atoms with van der Waals surface area (Å²) in [6.07, 6.45) is 4.54. The smallest absolute Gasteiger partial charge is 0.240 e. The molecule has 0 aliphatic carbocycles. The molecule has 0 aliphatic heterocycles. The lowest BCUT2D eigenvalue weighted by molar-refractivity contribution is 0.496. The van der Waals surface area contributed by atoms with Crippen molar-refractivity contribution >= 4 is 28.1 Å². The molecule has 0 radical (unpaired) electrons. The van der Waals surface area contributed by atoms with Crippen molar-refractivity contribution in [1.82, 2.24) is 10.2 Å². The molecule has 0 saturated carbocycles. The van der Waals surface area contributed by atoms with Crippen LogP contribution in [0.2, 0.25) is 0 Å². The maximum absolute atomic E-state index is 5.72. The summed E-state index contributed by atoms with van der Waals surface area (Å²) < 4.78 is 6.78. The zero-order valence-electron chi connectivity index (χ0n) is 13.7. The number of aromatic nitrogens is 2. The van der Waals surface area contributed by atoms with Crippen LogP contribution in [0.3, 0.4) is 0 Å². The number of nitrogens with zero attached hydrogens (tertiary/aromatic N) is 2. The van der Waals surface area contributed by atoms with Gasteiger partial charge in [-0.05, 0) is 40.8 Å². The van der Waals surface area contributed by atoms with Gasteiger partial charge in [0.15, 0.2) is 0 Å². The van der Waals surface area contributed by atoms with E-state index in [0.717, 1.165) is 10.0 Å². The fraction of sp³-hybridized carbons (Fsp3) is 0.200. The van der Waals surface area contributed by atoms with Crippen molar-refractivity contribution in [2.45, 2.75) is 26.2 Å². The fourth-order valence-electron chi connectivity index (χ4n) is 2.53. The Morgan fingerprint density at radius 3 is 2.50 bits per heavy atom. The van der Waals surface area contributed by atoms with Crippen LogP contribution in [0, 0.1) is 0 Å². The second-order valence-electron chi connectivity index (χ2n) is 5.95. The first kappa shape index (κ1) is 16.7. The summed E-state index contributed by atoms with van der Waals surface area (Å²) in [5.74, 6) is 1.62. The Labute approximate surface area is 150 Å². The number of halogens is 1. The summed E-state index contributed by atoms with van der Waals surface area (Å²) in [5, 5.41) is 8.23. The van der Waals surface area contributed by atoms with E-state index in [0.29, 0.717) is 24.1 Å². The number of benzene rings is 2. The van der Waals surface area contributed by atoms with Crippen LogP contribution >= 0.6 is 15.9 Å².